The summed E-state index contributed by atoms with van der Waals surface area (Å²) in [4.78, 5) is 3.17. The summed E-state index contributed by atoms with van der Waals surface area (Å²) in [6.07, 6.45) is 1.56. The van der Waals surface area contributed by atoms with Crippen LogP contribution in [0.1, 0.15) is 5.69 Å². The Morgan fingerprint density at radius 2 is 2.29 bits per heavy atom. The van der Waals surface area contributed by atoms with Crippen LogP contribution in [0.5, 0.6) is 0 Å². The van der Waals surface area contributed by atoms with Crippen molar-refractivity contribution in [2.24, 2.45) is 0 Å². The fraction of sp³-hybridized carbons (Fsp3) is 0.0909. The zero-order chi connectivity index (χ0) is 11.8. The average molecular weight is 310 g/mol. The number of nitrogens with one attached hydrogen (secondary N) is 1. The summed E-state index contributed by atoms with van der Waals surface area (Å²) in [7, 11) is 0. The van der Waals surface area contributed by atoms with E-state index in [9.17, 15) is 0 Å². The predicted octanol–water partition coefficient (Wildman–Crippen LogP) is 3.50. The van der Waals surface area contributed by atoms with Gasteiger partial charge in [0.1, 0.15) is 12.0 Å². The number of imidazole rings is 1. The van der Waals surface area contributed by atoms with Crippen molar-refractivity contribution in [3.05, 3.63) is 45.5 Å². The molecule has 0 aliphatic heterocycles. The number of aromatic amines is 1. The minimum absolute atomic E-state index is 0.603. The van der Waals surface area contributed by atoms with Gasteiger partial charge in [0.15, 0.2) is 4.77 Å². The fourth-order valence-corrected chi connectivity index (χ4v) is 2.39. The van der Waals surface area contributed by atoms with E-state index >= 15 is 0 Å². The van der Waals surface area contributed by atoms with E-state index in [1.54, 1.807) is 6.26 Å². The lowest BCUT2D eigenvalue weighted by Gasteiger charge is -2.01. The molecule has 0 radical (unpaired) electrons. The van der Waals surface area contributed by atoms with Crippen LogP contribution in [0.4, 0.5) is 0 Å². The van der Waals surface area contributed by atoms with Crippen molar-refractivity contribution in [1.82, 2.24) is 14.7 Å². The van der Waals surface area contributed by atoms with Crippen LogP contribution in [0.3, 0.4) is 0 Å². The van der Waals surface area contributed by atoms with E-state index in [1.807, 2.05) is 28.8 Å². The van der Waals surface area contributed by atoms with Gasteiger partial charge in [-0.05, 0) is 30.4 Å². The molecule has 3 rings (SSSR count). The van der Waals surface area contributed by atoms with Gasteiger partial charge in [-0.1, -0.05) is 21.1 Å². The van der Waals surface area contributed by atoms with Crippen LogP contribution in [0.2, 0.25) is 0 Å². The van der Waals surface area contributed by atoms with Crippen LogP contribution in [0.15, 0.2) is 39.5 Å². The molecule has 0 saturated heterocycles. The molecule has 1 aromatic carbocycles. The lowest BCUT2D eigenvalue weighted by molar-refractivity contribution is 0.410. The Morgan fingerprint density at radius 3 is 3.06 bits per heavy atom. The average Bonchev–Trinajstić information content (AvgIpc) is 2.90. The molecule has 86 valence electrons. The van der Waals surface area contributed by atoms with E-state index in [2.05, 4.69) is 26.1 Å². The van der Waals surface area contributed by atoms with E-state index in [4.69, 9.17) is 16.7 Å². The van der Waals surface area contributed by atoms with Crippen LogP contribution < -0.4 is 0 Å². The summed E-state index contributed by atoms with van der Waals surface area (Å²) < 4.78 is 8.52. The van der Waals surface area contributed by atoms with E-state index in [1.165, 1.54) is 0 Å². The Labute approximate surface area is 110 Å². The molecule has 6 heteroatoms. The van der Waals surface area contributed by atoms with Crippen molar-refractivity contribution in [2.75, 3.05) is 0 Å². The number of hydrogen-bond acceptors (Lipinski definition) is 3. The maximum absolute atomic E-state index is 5.30. The van der Waals surface area contributed by atoms with Crippen LogP contribution in [0, 0.1) is 4.77 Å². The lowest BCUT2D eigenvalue weighted by atomic mass is 10.3. The molecule has 0 unspecified atom stereocenters. The second-order valence-corrected chi connectivity index (χ2v) is 4.97. The first-order valence-corrected chi connectivity index (χ1v) is 6.21. The van der Waals surface area contributed by atoms with Gasteiger partial charge >= 0.3 is 0 Å². The zero-order valence-corrected chi connectivity index (χ0v) is 11.1. The third-order valence-corrected chi connectivity index (χ3v) is 3.36. The number of benzene rings is 1. The molecule has 0 fully saturated rings. The van der Waals surface area contributed by atoms with Gasteiger partial charge in [0, 0.05) is 10.5 Å². The topological polar surface area (TPSA) is 46.8 Å². The van der Waals surface area contributed by atoms with Crippen molar-refractivity contribution in [3.8, 4) is 0 Å². The number of fused-ring (bicyclic) bond motifs is 1. The van der Waals surface area contributed by atoms with Gasteiger partial charge in [-0.15, -0.1) is 0 Å². The number of rotatable bonds is 2. The first-order valence-electron chi connectivity index (χ1n) is 5.01. The van der Waals surface area contributed by atoms with Crippen LogP contribution >= 0.6 is 28.1 Å². The summed E-state index contributed by atoms with van der Waals surface area (Å²) in [6.45, 7) is 0.603. The molecule has 17 heavy (non-hydrogen) atoms. The molecule has 0 atom stereocenters. The number of hydrogen-bond donors (Lipinski definition) is 1. The molecule has 4 nitrogen and oxygen atoms in total. The maximum atomic E-state index is 5.30. The quantitative estimate of drug-likeness (QED) is 0.737. The zero-order valence-electron chi connectivity index (χ0n) is 8.68. The first kappa shape index (κ1) is 10.7. The Morgan fingerprint density at radius 1 is 1.41 bits per heavy atom. The monoisotopic (exact) mass is 309 g/mol. The fourth-order valence-electron chi connectivity index (χ4n) is 1.76. The summed E-state index contributed by atoms with van der Waals surface area (Å²) >= 11 is 8.76. The van der Waals surface area contributed by atoms with Gasteiger partial charge in [0.05, 0.1) is 17.6 Å². The third kappa shape index (κ3) is 1.94. The number of nitrogens with zero attached hydrogens (tertiary/aromatic N) is 2. The Kier molecular flexibility index (Phi) is 2.60. The van der Waals surface area contributed by atoms with Crippen molar-refractivity contribution in [2.45, 2.75) is 6.54 Å². The van der Waals surface area contributed by atoms with Crippen LogP contribution in [-0.2, 0) is 6.54 Å². The molecule has 0 aliphatic carbocycles. The second kappa shape index (κ2) is 4.12. The van der Waals surface area contributed by atoms with E-state index in [0.29, 0.717) is 11.3 Å². The molecule has 3 aromatic rings. The summed E-state index contributed by atoms with van der Waals surface area (Å²) in [5, 5.41) is 3.89. The summed E-state index contributed by atoms with van der Waals surface area (Å²) in [6, 6.07) is 7.84. The maximum Gasteiger partial charge on any atom is 0.178 e. The Balaban J connectivity index is 2.17. The normalized spacial score (nSPS) is 11.1. The van der Waals surface area contributed by atoms with Crippen LogP contribution in [-0.4, -0.2) is 14.7 Å². The van der Waals surface area contributed by atoms with Crippen molar-refractivity contribution >= 4 is 39.2 Å². The molecule has 0 aliphatic rings. The number of H-pyrrole nitrogens is 1. The predicted molar refractivity (Wildman–Crippen MR) is 70.4 cm³/mol. The summed E-state index contributed by atoms with van der Waals surface area (Å²) in [5.41, 5.74) is 2.91. The molecule has 0 saturated carbocycles. The summed E-state index contributed by atoms with van der Waals surface area (Å²) in [5.74, 6) is 0. The third-order valence-electron chi connectivity index (χ3n) is 2.55. The molecule has 1 N–H and O–H groups in total. The number of aromatic nitrogens is 3. The van der Waals surface area contributed by atoms with Crippen molar-refractivity contribution in [3.63, 3.8) is 0 Å². The van der Waals surface area contributed by atoms with Gasteiger partial charge < -0.3 is 14.1 Å². The van der Waals surface area contributed by atoms with E-state index in [0.717, 1.165) is 21.2 Å². The second-order valence-electron chi connectivity index (χ2n) is 3.67. The van der Waals surface area contributed by atoms with Crippen LogP contribution in [0.25, 0.3) is 11.0 Å². The standard InChI is InChI=1S/C11H8BrN3OS/c12-7-1-2-9-10(5-7)15(11(17)13-9)6-8-3-4-16-14-8/h1-5H,6H2,(H,13,17). The molecular weight excluding hydrogens is 302 g/mol. The smallest absolute Gasteiger partial charge is 0.178 e. The van der Waals surface area contributed by atoms with Gasteiger partial charge in [0.25, 0.3) is 0 Å². The van der Waals surface area contributed by atoms with Gasteiger partial charge in [0.2, 0.25) is 0 Å². The lowest BCUT2D eigenvalue weighted by Crippen LogP contribution is -1.99. The van der Waals surface area contributed by atoms with Crippen molar-refractivity contribution < 1.29 is 4.52 Å². The van der Waals surface area contributed by atoms with Gasteiger partial charge in [-0.25, -0.2) is 0 Å². The highest BCUT2D eigenvalue weighted by atomic mass is 79.9. The molecule has 0 spiro atoms. The highest BCUT2D eigenvalue weighted by Gasteiger charge is 2.06. The van der Waals surface area contributed by atoms with E-state index in [-0.39, 0.29) is 0 Å². The highest BCUT2D eigenvalue weighted by Crippen LogP contribution is 2.20. The first-order chi connectivity index (χ1) is 8.24. The Bertz CT molecular complexity index is 714. The van der Waals surface area contributed by atoms with Gasteiger partial charge in [-0.3, -0.25) is 0 Å². The number of halogens is 1. The molecular formula is C11H8BrN3OS. The highest BCUT2D eigenvalue weighted by molar-refractivity contribution is 9.10. The minimum atomic E-state index is 0.603. The SMILES string of the molecule is S=c1[nH]c2ccc(Br)cc2n1Cc1ccon1. The molecule has 2 heterocycles. The molecule has 0 amide bonds. The largest absolute Gasteiger partial charge is 0.364 e. The minimum Gasteiger partial charge on any atom is -0.364 e. The molecule has 0 bridgehead atoms. The van der Waals surface area contributed by atoms with Crippen molar-refractivity contribution in [1.29, 1.82) is 0 Å². The van der Waals surface area contributed by atoms with Gasteiger partial charge in [-0.2, -0.15) is 0 Å². The molecule has 2 aromatic heterocycles. The Hall–Kier alpha value is -1.40. The van der Waals surface area contributed by atoms with E-state index < -0.39 is 0 Å².